The van der Waals surface area contributed by atoms with Crippen LogP contribution in [-0.2, 0) is 21.2 Å². The quantitative estimate of drug-likeness (QED) is 0.681. The van der Waals surface area contributed by atoms with Crippen molar-refractivity contribution < 1.29 is 13.2 Å². The third-order valence-corrected chi connectivity index (χ3v) is 8.25. The van der Waals surface area contributed by atoms with Gasteiger partial charge in [0.2, 0.25) is 15.9 Å². The number of sulfonamides is 1. The highest BCUT2D eigenvalue weighted by Crippen LogP contribution is 2.33. The predicted molar refractivity (Wildman–Crippen MR) is 120 cm³/mol. The van der Waals surface area contributed by atoms with Gasteiger partial charge in [-0.15, -0.1) is 0 Å². The van der Waals surface area contributed by atoms with Gasteiger partial charge in [0.05, 0.1) is 17.0 Å². The molecule has 2 aliphatic heterocycles. The first-order chi connectivity index (χ1) is 15.0. The van der Waals surface area contributed by atoms with Crippen LogP contribution in [-0.4, -0.2) is 61.3 Å². The van der Waals surface area contributed by atoms with E-state index in [0.717, 1.165) is 36.5 Å². The van der Waals surface area contributed by atoms with Crippen LogP contribution in [0.5, 0.6) is 0 Å². The lowest BCUT2D eigenvalue weighted by atomic mass is 9.96. The molecule has 0 spiro atoms. The zero-order valence-electron chi connectivity index (χ0n) is 18.1. The molecular weight excluding hydrogens is 414 g/mol. The van der Waals surface area contributed by atoms with Crippen LogP contribution < -0.4 is 9.80 Å². The van der Waals surface area contributed by atoms with E-state index in [1.165, 1.54) is 4.31 Å². The van der Waals surface area contributed by atoms with Gasteiger partial charge in [0.15, 0.2) is 0 Å². The van der Waals surface area contributed by atoms with E-state index in [-0.39, 0.29) is 11.8 Å². The average Bonchev–Trinajstić information content (AvgIpc) is 3.23. The van der Waals surface area contributed by atoms with E-state index in [2.05, 4.69) is 14.9 Å². The topological polar surface area (TPSA) is 86.7 Å². The Morgan fingerprint density at radius 2 is 2.00 bits per heavy atom. The number of nitrogens with zero attached hydrogens (tertiary/aromatic N) is 5. The van der Waals surface area contributed by atoms with Crippen molar-refractivity contribution in [2.24, 2.45) is 5.92 Å². The number of benzene rings is 1. The van der Waals surface area contributed by atoms with Gasteiger partial charge in [-0.1, -0.05) is 13.8 Å². The van der Waals surface area contributed by atoms with Crippen molar-refractivity contribution in [3.63, 3.8) is 0 Å². The van der Waals surface area contributed by atoms with E-state index in [9.17, 15) is 13.2 Å². The number of aromatic nitrogens is 2. The summed E-state index contributed by atoms with van der Waals surface area (Å²) in [6, 6.07) is 5.16. The number of rotatable bonds is 6. The van der Waals surface area contributed by atoms with E-state index in [4.69, 9.17) is 0 Å². The Balaban J connectivity index is 1.52. The van der Waals surface area contributed by atoms with Crippen LogP contribution in [0.25, 0.3) is 0 Å². The molecule has 1 atom stereocenters. The summed E-state index contributed by atoms with van der Waals surface area (Å²) in [5.41, 5.74) is 1.75. The Labute approximate surface area is 183 Å². The minimum Gasteiger partial charge on any atom is -0.355 e. The van der Waals surface area contributed by atoms with Crippen LogP contribution in [0.2, 0.25) is 0 Å². The lowest BCUT2D eigenvalue weighted by Gasteiger charge is -2.34. The Morgan fingerprint density at radius 1 is 1.19 bits per heavy atom. The van der Waals surface area contributed by atoms with Gasteiger partial charge in [-0.05, 0) is 43.0 Å². The molecule has 3 heterocycles. The maximum absolute atomic E-state index is 13.4. The van der Waals surface area contributed by atoms with E-state index >= 15 is 0 Å². The van der Waals surface area contributed by atoms with E-state index in [0.29, 0.717) is 37.5 Å². The third kappa shape index (κ3) is 4.16. The zero-order valence-corrected chi connectivity index (χ0v) is 18.9. The smallest absolute Gasteiger partial charge is 0.243 e. The first-order valence-electron chi connectivity index (χ1n) is 10.9. The molecule has 1 aromatic carbocycles. The monoisotopic (exact) mass is 443 g/mol. The molecule has 166 valence electrons. The highest BCUT2D eigenvalue weighted by Gasteiger charge is 2.34. The van der Waals surface area contributed by atoms with Gasteiger partial charge in [0.25, 0.3) is 0 Å². The fourth-order valence-electron chi connectivity index (χ4n) is 4.54. The molecule has 1 saturated heterocycles. The average molecular weight is 444 g/mol. The Hall–Kier alpha value is -2.52. The number of amides is 1. The summed E-state index contributed by atoms with van der Waals surface area (Å²) in [4.78, 5) is 26.1. The normalized spacial score (nSPS) is 19.0. The standard InChI is InChI=1S/C22H29N5O3S/c1-3-26(4-2)31(29,30)19-7-8-20-17(14-19)9-13-27(20)22(28)18-6-5-12-25(16-18)21-15-23-10-11-24-21/h7-8,10-11,14-15,18H,3-6,9,12-13,16H2,1-2H3. The molecule has 0 aliphatic carbocycles. The predicted octanol–water partition coefficient (Wildman–Crippen LogP) is 2.31. The first kappa shape index (κ1) is 21.7. The van der Waals surface area contributed by atoms with Crippen LogP contribution in [0.15, 0.2) is 41.7 Å². The highest BCUT2D eigenvalue weighted by molar-refractivity contribution is 7.89. The fraction of sp³-hybridized carbons (Fsp3) is 0.500. The van der Waals surface area contributed by atoms with Gasteiger partial charge in [-0.3, -0.25) is 9.78 Å². The van der Waals surface area contributed by atoms with Gasteiger partial charge in [0.1, 0.15) is 5.82 Å². The number of hydrogen-bond donors (Lipinski definition) is 0. The summed E-state index contributed by atoms with van der Waals surface area (Å²) in [7, 11) is -3.51. The highest BCUT2D eigenvalue weighted by atomic mass is 32.2. The maximum atomic E-state index is 13.4. The summed E-state index contributed by atoms with van der Waals surface area (Å²) < 4.78 is 27.2. The second-order valence-corrected chi connectivity index (χ2v) is 9.91. The molecule has 1 unspecified atom stereocenters. The van der Waals surface area contributed by atoms with Crippen LogP contribution in [0.3, 0.4) is 0 Å². The number of anilines is 2. The van der Waals surface area contributed by atoms with Crippen LogP contribution in [0.4, 0.5) is 11.5 Å². The summed E-state index contributed by atoms with van der Waals surface area (Å²) in [6.45, 7) is 6.62. The van der Waals surface area contributed by atoms with Crippen molar-refractivity contribution in [1.82, 2.24) is 14.3 Å². The fourth-order valence-corrected chi connectivity index (χ4v) is 6.05. The number of carbonyl (C=O) groups is 1. The Bertz CT molecular complexity index is 1040. The van der Waals surface area contributed by atoms with Crippen molar-refractivity contribution in [1.29, 1.82) is 0 Å². The first-order valence-corrected chi connectivity index (χ1v) is 12.3. The van der Waals surface area contributed by atoms with Crippen molar-refractivity contribution >= 4 is 27.4 Å². The van der Waals surface area contributed by atoms with Gasteiger partial charge >= 0.3 is 0 Å². The molecule has 1 aromatic heterocycles. The molecule has 1 fully saturated rings. The molecule has 31 heavy (non-hydrogen) atoms. The maximum Gasteiger partial charge on any atom is 0.243 e. The van der Waals surface area contributed by atoms with Gasteiger partial charge in [-0.2, -0.15) is 4.31 Å². The van der Waals surface area contributed by atoms with Crippen LogP contribution in [0, 0.1) is 5.92 Å². The van der Waals surface area contributed by atoms with Gasteiger partial charge < -0.3 is 9.80 Å². The summed E-state index contributed by atoms with van der Waals surface area (Å²) in [5, 5.41) is 0. The molecule has 0 N–H and O–H groups in total. The molecule has 2 aromatic rings. The zero-order chi connectivity index (χ0) is 22.0. The van der Waals surface area contributed by atoms with Crippen molar-refractivity contribution in [2.45, 2.75) is 38.0 Å². The lowest BCUT2D eigenvalue weighted by Crippen LogP contribution is -2.44. The number of carbonyl (C=O) groups excluding carboxylic acids is 1. The largest absolute Gasteiger partial charge is 0.355 e. The number of fused-ring (bicyclic) bond motifs is 1. The van der Waals surface area contributed by atoms with Gasteiger partial charge in [-0.25, -0.2) is 13.4 Å². The molecule has 4 rings (SSSR count). The Kier molecular flexibility index (Phi) is 6.24. The molecule has 1 amide bonds. The minimum atomic E-state index is -3.51. The van der Waals surface area contributed by atoms with Crippen LogP contribution >= 0.6 is 0 Å². The van der Waals surface area contributed by atoms with Crippen LogP contribution in [0.1, 0.15) is 32.3 Å². The minimum absolute atomic E-state index is 0.103. The number of piperidine rings is 1. The van der Waals surface area contributed by atoms with Crippen molar-refractivity contribution in [2.75, 3.05) is 42.5 Å². The second-order valence-electron chi connectivity index (χ2n) is 7.97. The van der Waals surface area contributed by atoms with Gasteiger partial charge in [0, 0.05) is 50.8 Å². The summed E-state index contributed by atoms with van der Waals surface area (Å²) in [5.74, 6) is 0.792. The van der Waals surface area contributed by atoms with Crippen molar-refractivity contribution in [3.8, 4) is 0 Å². The molecule has 0 saturated carbocycles. The molecule has 8 nitrogen and oxygen atoms in total. The summed E-state index contributed by atoms with van der Waals surface area (Å²) in [6.07, 6.45) is 7.48. The lowest BCUT2D eigenvalue weighted by molar-refractivity contribution is -0.122. The van der Waals surface area contributed by atoms with E-state index < -0.39 is 10.0 Å². The molecule has 9 heteroatoms. The molecule has 0 radical (unpaired) electrons. The van der Waals surface area contributed by atoms with Crippen molar-refractivity contribution in [3.05, 3.63) is 42.4 Å². The Morgan fingerprint density at radius 3 is 2.71 bits per heavy atom. The molecule has 0 bridgehead atoms. The SMILES string of the molecule is CCN(CC)S(=O)(=O)c1ccc2c(c1)CCN2C(=O)C1CCCN(c2cnccn2)C1. The van der Waals surface area contributed by atoms with E-state index in [1.54, 1.807) is 36.8 Å². The second kappa shape index (κ2) is 8.92. The summed E-state index contributed by atoms with van der Waals surface area (Å²) >= 11 is 0. The molecule has 2 aliphatic rings. The number of hydrogen-bond acceptors (Lipinski definition) is 6. The molecular formula is C22H29N5O3S. The third-order valence-electron chi connectivity index (χ3n) is 6.20. The van der Waals surface area contributed by atoms with E-state index in [1.807, 2.05) is 18.7 Å².